The number of benzene rings is 1. The van der Waals surface area contributed by atoms with Crippen molar-refractivity contribution in [2.24, 2.45) is 0 Å². The molecule has 1 rings (SSSR count). The fourth-order valence-corrected chi connectivity index (χ4v) is 2.05. The molecule has 0 spiro atoms. The van der Waals surface area contributed by atoms with Crippen molar-refractivity contribution < 1.29 is 27.4 Å². The van der Waals surface area contributed by atoms with Crippen molar-refractivity contribution in [3.8, 4) is 0 Å². The molecule has 0 saturated heterocycles. The van der Waals surface area contributed by atoms with Crippen LogP contribution in [0.25, 0.3) is 0 Å². The Morgan fingerprint density at radius 1 is 1.29 bits per heavy atom. The number of aliphatic hydroxyl groups excluding tert-OH is 1. The molecule has 0 aliphatic heterocycles. The summed E-state index contributed by atoms with van der Waals surface area (Å²) in [5, 5.41) is 12.0. The SMILES string of the molecule is COCC(C)(CCO)NCc1ccc(F)cc1C(F)(F)F. The normalized spacial score (nSPS) is 15.0. The third kappa shape index (κ3) is 5.26. The topological polar surface area (TPSA) is 41.5 Å². The highest BCUT2D eigenvalue weighted by molar-refractivity contribution is 5.30. The molecule has 0 fully saturated rings. The number of nitrogens with one attached hydrogen (secondary N) is 1. The summed E-state index contributed by atoms with van der Waals surface area (Å²) < 4.78 is 56.7. The second kappa shape index (κ2) is 7.20. The summed E-state index contributed by atoms with van der Waals surface area (Å²) in [6.07, 6.45) is -4.29. The Hall–Kier alpha value is -1.18. The molecule has 1 aromatic carbocycles. The third-order valence-corrected chi connectivity index (χ3v) is 3.21. The van der Waals surface area contributed by atoms with E-state index in [1.54, 1.807) is 6.92 Å². The number of hydrogen-bond donors (Lipinski definition) is 2. The zero-order valence-corrected chi connectivity index (χ0v) is 11.9. The van der Waals surface area contributed by atoms with Crippen LogP contribution in [0.5, 0.6) is 0 Å². The molecule has 0 aromatic heterocycles. The number of alkyl halides is 3. The van der Waals surface area contributed by atoms with Crippen LogP contribution in [0.4, 0.5) is 17.6 Å². The number of aliphatic hydroxyl groups is 1. The van der Waals surface area contributed by atoms with Gasteiger partial charge in [-0.3, -0.25) is 0 Å². The smallest absolute Gasteiger partial charge is 0.396 e. The van der Waals surface area contributed by atoms with Crippen molar-refractivity contribution in [1.29, 1.82) is 0 Å². The first kappa shape index (κ1) is 17.9. The number of methoxy groups -OCH3 is 1. The molecule has 0 radical (unpaired) electrons. The van der Waals surface area contributed by atoms with Crippen LogP contribution < -0.4 is 5.32 Å². The van der Waals surface area contributed by atoms with E-state index in [4.69, 9.17) is 9.84 Å². The lowest BCUT2D eigenvalue weighted by Crippen LogP contribution is -2.46. The lowest BCUT2D eigenvalue weighted by molar-refractivity contribution is -0.138. The molecule has 0 heterocycles. The zero-order valence-electron chi connectivity index (χ0n) is 11.9. The van der Waals surface area contributed by atoms with Crippen molar-refractivity contribution in [1.82, 2.24) is 5.32 Å². The maximum Gasteiger partial charge on any atom is 0.416 e. The molecule has 0 amide bonds. The Bertz CT molecular complexity index is 457. The van der Waals surface area contributed by atoms with Crippen LogP contribution in [-0.4, -0.2) is 31.0 Å². The standard InChI is InChI=1S/C14H19F4NO2/c1-13(5-6-20,9-21-2)19-8-10-3-4-11(15)7-12(10)14(16,17)18/h3-4,7,19-20H,5-6,8-9H2,1-2H3. The average Bonchev–Trinajstić information content (AvgIpc) is 2.37. The van der Waals surface area contributed by atoms with Gasteiger partial charge in [-0.05, 0) is 31.0 Å². The Kier molecular flexibility index (Phi) is 6.12. The van der Waals surface area contributed by atoms with E-state index in [9.17, 15) is 17.6 Å². The second-order valence-corrected chi connectivity index (χ2v) is 5.12. The van der Waals surface area contributed by atoms with Crippen LogP contribution in [0.2, 0.25) is 0 Å². The molecule has 1 aromatic rings. The Morgan fingerprint density at radius 2 is 1.95 bits per heavy atom. The maximum atomic E-state index is 13.0. The molecule has 120 valence electrons. The van der Waals surface area contributed by atoms with Gasteiger partial charge in [0.2, 0.25) is 0 Å². The minimum atomic E-state index is -4.62. The van der Waals surface area contributed by atoms with Gasteiger partial charge in [0.1, 0.15) is 5.82 Å². The summed E-state index contributed by atoms with van der Waals surface area (Å²) in [6.45, 7) is 1.75. The van der Waals surface area contributed by atoms with Crippen LogP contribution in [0.15, 0.2) is 18.2 Å². The zero-order chi connectivity index (χ0) is 16.1. The van der Waals surface area contributed by atoms with E-state index in [2.05, 4.69) is 5.32 Å². The Labute approximate surface area is 120 Å². The van der Waals surface area contributed by atoms with E-state index in [0.717, 1.165) is 12.1 Å². The van der Waals surface area contributed by atoms with Gasteiger partial charge >= 0.3 is 6.18 Å². The Balaban J connectivity index is 2.92. The predicted octanol–water partition coefficient (Wildman–Crippen LogP) is 2.72. The molecule has 0 bridgehead atoms. The van der Waals surface area contributed by atoms with Crippen molar-refractivity contribution >= 4 is 0 Å². The van der Waals surface area contributed by atoms with Gasteiger partial charge in [-0.2, -0.15) is 13.2 Å². The molecule has 0 aliphatic rings. The molecular formula is C14H19F4NO2. The first-order valence-electron chi connectivity index (χ1n) is 6.42. The lowest BCUT2D eigenvalue weighted by Gasteiger charge is -2.30. The quantitative estimate of drug-likeness (QED) is 0.761. The van der Waals surface area contributed by atoms with E-state index in [1.807, 2.05) is 0 Å². The minimum absolute atomic E-state index is 0.0517. The number of ether oxygens (including phenoxy) is 1. The molecule has 7 heteroatoms. The fourth-order valence-electron chi connectivity index (χ4n) is 2.05. The monoisotopic (exact) mass is 309 g/mol. The first-order valence-corrected chi connectivity index (χ1v) is 6.42. The van der Waals surface area contributed by atoms with E-state index in [1.165, 1.54) is 7.11 Å². The second-order valence-electron chi connectivity index (χ2n) is 5.12. The van der Waals surface area contributed by atoms with E-state index in [-0.39, 0.29) is 25.3 Å². The van der Waals surface area contributed by atoms with Gasteiger partial charge in [-0.25, -0.2) is 4.39 Å². The van der Waals surface area contributed by atoms with Crippen LogP contribution >= 0.6 is 0 Å². The van der Waals surface area contributed by atoms with Crippen LogP contribution in [-0.2, 0) is 17.5 Å². The highest BCUT2D eigenvalue weighted by atomic mass is 19.4. The van der Waals surface area contributed by atoms with Crippen LogP contribution in [0.3, 0.4) is 0 Å². The maximum absolute atomic E-state index is 13.0. The number of hydrogen-bond acceptors (Lipinski definition) is 3. The molecule has 2 N–H and O–H groups in total. The van der Waals surface area contributed by atoms with Crippen molar-refractivity contribution in [3.05, 3.63) is 35.1 Å². The van der Waals surface area contributed by atoms with Gasteiger partial charge in [0.15, 0.2) is 0 Å². The molecule has 21 heavy (non-hydrogen) atoms. The van der Waals surface area contributed by atoms with Crippen molar-refractivity contribution in [2.75, 3.05) is 20.3 Å². The van der Waals surface area contributed by atoms with Gasteiger partial charge in [-0.1, -0.05) is 6.07 Å². The summed E-state index contributed by atoms with van der Waals surface area (Å²) in [5.74, 6) is -0.930. The van der Waals surface area contributed by atoms with Crippen molar-refractivity contribution in [2.45, 2.75) is 31.6 Å². The largest absolute Gasteiger partial charge is 0.416 e. The van der Waals surface area contributed by atoms with Crippen LogP contribution in [0, 0.1) is 5.82 Å². The summed E-state index contributed by atoms with van der Waals surface area (Å²) in [6, 6.07) is 2.58. The fraction of sp³-hybridized carbons (Fsp3) is 0.571. The van der Waals surface area contributed by atoms with Gasteiger partial charge in [-0.15, -0.1) is 0 Å². The summed E-state index contributed by atoms with van der Waals surface area (Å²) in [5.41, 5.74) is -1.72. The van der Waals surface area contributed by atoms with E-state index >= 15 is 0 Å². The highest BCUT2D eigenvalue weighted by Crippen LogP contribution is 2.32. The van der Waals surface area contributed by atoms with Gasteiger partial charge in [0.25, 0.3) is 0 Å². The summed E-state index contributed by atoms with van der Waals surface area (Å²) in [7, 11) is 1.47. The first-order chi connectivity index (χ1) is 9.72. The van der Waals surface area contributed by atoms with Crippen LogP contribution in [0.1, 0.15) is 24.5 Å². The minimum Gasteiger partial charge on any atom is -0.396 e. The third-order valence-electron chi connectivity index (χ3n) is 3.21. The molecule has 0 aliphatic carbocycles. The molecule has 3 nitrogen and oxygen atoms in total. The molecule has 1 unspecified atom stereocenters. The number of rotatable bonds is 7. The molecule has 1 atom stereocenters. The van der Waals surface area contributed by atoms with E-state index < -0.39 is 23.1 Å². The average molecular weight is 309 g/mol. The van der Waals surface area contributed by atoms with Crippen molar-refractivity contribution in [3.63, 3.8) is 0 Å². The number of halogens is 4. The van der Waals surface area contributed by atoms with E-state index in [0.29, 0.717) is 12.5 Å². The lowest BCUT2D eigenvalue weighted by atomic mass is 9.98. The molecule has 0 saturated carbocycles. The molecular weight excluding hydrogens is 290 g/mol. The highest BCUT2D eigenvalue weighted by Gasteiger charge is 2.34. The Morgan fingerprint density at radius 3 is 2.48 bits per heavy atom. The van der Waals surface area contributed by atoms with Gasteiger partial charge in [0.05, 0.1) is 12.2 Å². The van der Waals surface area contributed by atoms with Gasteiger partial charge in [0, 0.05) is 25.8 Å². The predicted molar refractivity (Wildman–Crippen MR) is 70.2 cm³/mol. The summed E-state index contributed by atoms with van der Waals surface area (Å²) in [4.78, 5) is 0. The summed E-state index contributed by atoms with van der Waals surface area (Å²) >= 11 is 0. The van der Waals surface area contributed by atoms with Gasteiger partial charge < -0.3 is 15.2 Å².